The molecule has 2 aliphatic heterocycles. The second-order valence-corrected chi connectivity index (χ2v) is 8.30. The Kier molecular flexibility index (Phi) is 4.77. The highest BCUT2D eigenvalue weighted by atomic mass is 32.1. The summed E-state index contributed by atoms with van der Waals surface area (Å²) in [4.78, 5) is 31.8. The molecule has 148 valence electrons. The molecular formula is C22H20N2O4S. The first-order valence-electron chi connectivity index (χ1n) is 9.76. The molecule has 1 fully saturated rings. The Morgan fingerprint density at radius 1 is 1.17 bits per heavy atom. The van der Waals surface area contributed by atoms with Gasteiger partial charge in [0.15, 0.2) is 5.13 Å². The van der Waals surface area contributed by atoms with E-state index in [0.717, 1.165) is 35.2 Å². The number of hydrogen-bond donors (Lipinski definition) is 0. The van der Waals surface area contributed by atoms with Gasteiger partial charge in [-0.1, -0.05) is 41.7 Å². The van der Waals surface area contributed by atoms with Gasteiger partial charge in [-0.05, 0) is 31.0 Å². The van der Waals surface area contributed by atoms with Crippen molar-refractivity contribution in [3.8, 4) is 0 Å². The number of esters is 1. The second kappa shape index (κ2) is 7.57. The van der Waals surface area contributed by atoms with Crippen LogP contribution in [0.2, 0.25) is 0 Å². The average molecular weight is 408 g/mol. The molecule has 0 bridgehead atoms. The van der Waals surface area contributed by atoms with Crippen LogP contribution < -0.4 is 4.90 Å². The van der Waals surface area contributed by atoms with Crippen LogP contribution in [0.1, 0.15) is 41.3 Å². The zero-order valence-corrected chi connectivity index (χ0v) is 16.6. The van der Waals surface area contributed by atoms with Gasteiger partial charge in [-0.15, -0.1) is 0 Å². The molecule has 0 spiro atoms. The number of nitrogens with zero attached hydrogens (tertiary/aromatic N) is 2. The Bertz CT molecular complexity index is 1040. The zero-order chi connectivity index (χ0) is 19.8. The van der Waals surface area contributed by atoms with Gasteiger partial charge in [0.05, 0.1) is 34.8 Å². The summed E-state index contributed by atoms with van der Waals surface area (Å²) in [5.74, 6) is -0.488. The van der Waals surface area contributed by atoms with E-state index in [1.54, 1.807) is 17.0 Å². The van der Waals surface area contributed by atoms with Crippen molar-refractivity contribution in [2.24, 2.45) is 0 Å². The van der Waals surface area contributed by atoms with Gasteiger partial charge < -0.3 is 9.47 Å². The van der Waals surface area contributed by atoms with Crippen molar-refractivity contribution in [2.45, 2.75) is 31.5 Å². The number of aromatic nitrogens is 1. The van der Waals surface area contributed by atoms with Crippen molar-refractivity contribution >= 4 is 38.6 Å². The fourth-order valence-electron chi connectivity index (χ4n) is 3.89. The highest BCUT2D eigenvalue weighted by molar-refractivity contribution is 7.22. The molecule has 0 aliphatic carbocycles. The highest BCUT2D eigenvalue weighted by Gasteiger charge is 2.35. The summed E-state index contributed by atoms with van der Waals surface area (Å²) in [6.45, 7) is 1.18. The number of amides is 1. The van der Waals surface area contributed by atoms with Gasteiger partial charge in [-0.3, -0.25) is 9.69 Å². The second-order valence-electron chi connectivity index (χ2n) is 7.29. The first-order valence-corrected chi connectivity index (χ1v) is 10.6. The van der Waals surface area contributed by atoms with E-state index in [1.807, 2.05) is 36.4 Å². The topological polar surface area (TPSA) is 68.7 Å². The minimum Gasteiger partial charge on any atom is -0.453 e. The molecule has 1 saturated heterocycles. The van der Waals surface area contributed by atoms with Gasteiger partial charge in [-0.2, -0.15) is 0 Å². The number of benzene rings is 2. The van der Waals surface area contributed by atoms with E-state index in [1.165, 1.54) is 11.3 Å². The fourth-order valence-corrected chi connectivity index (χ4v) is 4.89. The van der Waals surface area contributed by atoms with Crippen LogP contribution in [0.5, 0.6) is 0 Å². The van der Waals surface area contributed by atoms with Gasteiger partial charge in [0, 0.05) is 12.2 Å². The minimum absolute atomic E-state index is 0.00405. The van der Waals surface area contributed by atoms with Gasteiger partial charge in [-0.25, -0.2) is 9.78 Å². The largest absolute Gasteiger partial charge is 0.453 e. The number of hydrogen-bond acceptors (Lipinski definition) is 6. The molecule has 2 aliphatic rings. The molecule has 1 aromatic heterocycles. The van der Waals surface area contributed by atoms with Crippen LogP contribution in [0, 0.1) is 0 Å². The molecule has 0 N–H and O–H groups in total. The predicted molar refractivity (Wildman–Crippen MR) is 110 cm³/mol. The Labute approximate surface area is 172 Å². The number of cyclic esters (lactones) is 1. The number of carbonyl (C=O) groups is 2. The highest BCUT2D eigenvalue weighted by Crippen LogP contribution is 2.35. The maximum absolute atomic E-state index is 13.3. The molecule has 3 aromatic rings. The molecule has 2 atom stereocenters. The quantitative estimate of drug-likeness (QED) is 0.594. The van der Waals surface area contributed by atoms with Crippen molar-refractivity contribution in [3.05, 3.63) is 59.7 Å². The summed E-state index contributed by atoms with van der Waals surface area (Å²) in [7, 11) is 0. The SMILES string of the molecule is O=C1O[C@H](CC(=O)N(C[C@H]2CCCO2)c2nc3ccccc3s2)c2ccccc21. The fraction of sp³-hybridized carbons (Fsp3) is 0.318. The van der Waals surface area contributed by atoms with Crippen LogP contribution in [0.25, 0.3) is 10.2 Å². The Balaban J connectivity index is 1.42. The number of ether oxygens (including phenoxy) is 2. The molecule has 0 unspecified atom stereocenters. The summed E-state index contributed by atoms with van der Waals surface area (Å²) in [6, 6.07) is 15.1. The first-order chi connectivity index (χ1) is 14.2. The van der Waals surface area contributed by atoms with Crippen molar-refractivity contribution in [1.82, 2.24) is 4.98 Å². The molecule has 6 nitrogen and oxygen atoms in total. The van der Waals surface area contributed by atoms with Crippen molar-refractivity contribution in [2.75, 3.05) is 18.1 Å². The molecular weight excluding hydrogens is 388 g/mol. The van der Waals surface area contributed by atoms with E-state index < -0.39 is 6.10 Å². The number of fused-ring (bicyclic) bond motifs is 2. The van der Waals surface area contributed by atoms with Crippen LogP contribution >= 0.6 is 11.3 Å². The third kappa shape index (κ3) is 3.52. The number of anilines is 1. The number of para-hydroxylation sites is 1. The predicted octanol–water partition coefficient (Wildman–Crippen LogP) is 4.11. The van der Waals surface area contributed by atoms with E-state index in [-0.39, 0.29) is 24.4 Å². The van der Waals surface area contributed by atoms with Gasteiger partial charge >= 0.3 is 5.97 Å². The summed E-state index contributed by atoms with van der Waals surface area (Å²) in [6.07, 6.45) is 1.46. The van der Waals surface area contributed by atoms with E-state index in [2.05, 4.69) is 4.98 Å². The molecule has 2 aromatic carbocycles. The van der Waals surface area contributed by atoms with Crippen LogP contribution in [-0.4, -0.2) is 36.1 Å². The van der Waals surface area contributed by atoms with Crippen LogP contribution in [0.4, 0.5) is 5.13 Å². The normalized spacial score (nSPS) is 20.6. The van der Waals surface area contributed by atoms with E-state index in [0.29, 0.717) is 17.2 Å². The van der Waals surface area contributed by atoms with E-state index in [9.17, 15) is 9.59 Å². The van der Waals surface area contributed by atoms with Gasteiger partial charge in [0.2, 0.25) is 5.91 Å². The lowest BCUT2D eigenvalue weighted by molar-refractivity contribution is -0.120. The maximum Gasteiger partial charge on any atom is 0.339 e. The average Bonchev–Trinajstić information content (AvgIpc) is 3.46. The monoisotopic (exact) mass is 408 g/mol. The molecule has 29 heavy (non-hydrogen) atoms. The number of carbonyl (C=O) groups excluding carboxylic acids is 2. The van der Waals surface area contributed by atoms with Crippen LogP contribution in [0.3, 0.4) is 0 Å². The molecule has 0 radical (unpaired) electrons. The number of thiazole rings is 1. The standard InChI is InChI=1S/C22H20N2O4S/c25-20(12-18-15-7-1-2-8-16(15)21(26)28-18)24(13-14-6-5-11-27-14)22-23-17-9-3-4-10-19(17)29-22/h1-4,7-10,14,18H,5-6,11-13H2/t14-,18-/m1/s1. The molecule has 5 rings (SSSR count). The van der Waals surface area contributed by atoms with Gasteiger partial charge in [0.25, 0.3) is 0 Å². The maximum atomic E-state index is 13.3. The van der Waals surface area contributed by atoms with Crippen molar-refractivity contribution in [1.29, 1.82) is 0 Å². The smallest absolute Gasteiger partial charge is 0.339 e. The lowest BCUT2D eigenvalue weighted by atomic mass is 10.0. The third-order valence-electron chi connectivity index (χ3n) is 5.36. The minimum atomic E-state index is -0.562. The van der Waals surface area contributed by atoms with Crippen molar-refractivity contribution in [3.63, 3.8) is 0 Å². The lowest BCUT2D eigenvalue weighted by Gasteiger charge is -2.24. The van der Waals surface area contributed by atoms with Crippen molar-refractivity contribution < 1.29 is 19.1 Å². The summed E-state index contributed by atoms with van der Waals surface area (Å²) in [5, 5.41) is 0.657. The molecule has 1 amide bonds. The summed E-state index contributed by atoms with van der Waals surface area (Å²) >= 11 is 1.49. The summed E-state index contributed by atoms with van der Waals surface area (Å²) in [5.41, 5.74) is 2.18. The third-order valence-corrected chi connectivity index (χ3v) is 6.42. The van der Waals surface area contributed by atoms with Crippen LogP contribution in [0.15, 0.2) is 48.5 Å². The zero-order valence-electron chi connectivity index (χ0n) is 15.7. The first kappa shape index (κ1) is 18.3. The Hall–Kier alpha value is -2.77. The Morgan fingerprint density at radius 2 is 2.00 bits per heavy atom. The molecule has 0 saturated carbocycles. The van der Waals surface area contributed by atoms with Crippen LogP contribution in [-0.2, 0) is 14.3 Å². The van der Waals surface area contributed by atoms with Gasteiger partial charge in [0.1, 0.15) is 6.10 Å². The molecule has 3 heterocycles. The lowest BCUT2D eigenvalue weighted by Crippen LogP contribution is -2.38. The van der Waals surface area contributed by atoms with E-state index >= 15 is 0 Å². The van der Waals surface area contributed by atoms with E-state index in [4.69, 9.17) is 9.47 Å². The Morgan fingerprint density at radius 3 is 2.83 bits per heavy atom. The molecule has 7 heteroatoms. The summed E-state index contributed by atoms with van der Waals surface area (Å²) < 4.78 is 12.3. The number of rotatable bonds is 5.